The maximum absolute atomic E-state index is 11.1. The topological polar surface area (TPSA) is 76.5 Å². The van der Waals surface area contributed by atoms with E-state index >= 15 is 0 Å². The SMILES string of the molecule is O=[N+]([O-])c1cccc(-c2cc(C(O)c3cccs3)cc3ccoc23)c1. The highest BCUT2D eigenvalue weighted by molar-refractivity contribution is 7.10. The van der Waals surface area contributed by atoms with Crippen LogP contribution in [-0.2, 0) is 0 Å². The molecule has 5 nitrogen and oxygen atoms in total. The van der Waals surface area contributed by atoms with E-state index in [9.17, 15) is 15.2 Å². The molecule has 0 bridgehead atoms. The Morgan fingerprint density at radius 3 is 2.76 bits per heavy atom. The van der Waals surface area contributed by atoms with Crippen molar-refractivity contribution in [1.82, 2.24) is 0 Å². The molecule has 0 aliphatic rings. The van der Waals surface area contributed by atoms with Crippen molar-refractivity contribution in [2.45, 2.75) is 6.10 Å². The summed E-state index contributed by atoms with van der Waals surface area (Å²) in [5.74, 6) is 0. The number of aliphatic hydroxyl groups is 1. The average molecular weight is 351 g/mol. The summed E-state index contributed by atoms with van der Waals surface area (Å²) in [7, 11) is 0. The number of nitro benzene ring substituents is 1. The summed E-state index contributed by atoms with van der Waals surface area (Å²) in [5, 5.41) is 24.5. The van der Waals surface area contributed by atoms with Crippen molar-refractivity contribution in [1.29, 1.82) is 0 Å². The second-order valence-electron chi connectivity index (χ2n) is 5.63. The van der Waals surface area contributed by atoms with Gasteiger partial charge in [-0.2, -0.15) is 0 Å². The monoisotopic (exact) mass is 351 g/mol. The van der Waals surface area contributed by atoms with Crippen LogP contribution in [0.15, 0.2) is 70.7 Å². The zero-order chi connectivity index (χ0) is 17.4. The molecule has 25 heavy (non-hydrogen) atoms. The van der Waals surface area contributed by atoms with Crippen LogP contribution in [-0.4, -0.2) is 10.0 Å². The first-order chi connectivity index (χ1) is 12.1. The maximum atomic E-state index is 11.1. The van der Waals surface area contributed by atoms with Gasteiger partial charge in [0.1, 0.15) is 11.7 Å². The fourth-order valence-electron chi connectivity index (χ4n) is 2.88. The summed E-state index contributed by atoms with van der Waals surface area (Å²) in [6, 6.07) is 15.7. The molecule has 1 N–H and O–H groups in total. The Kier molecular flexibility index (Phi) is 3.83. The lowest BCUT2D eigenvalue weighted by Crippen LogP contribution is -1.98. The van der Waals surface area contributed by atoms with Crippen molar-refractivity contribution < 1.29 is 14.4 Å². The van der Waals surface area contributed by atoms with Crippen LogP contribution >= 0.6 is 11.3 Å². The minimum Gasteiger partial charge on any atom is -0.464 e. The summed E-state index contributed by atoms with van der Waals surface area (Å²) in [4.78, 5) is 11.5. The van der Waals surface area contributed by atoms with Crippen molar-refractivity contribution in [2.24, 2.45) is 0 Å². The van der Waals surface area contributed by atoms with Gasteiger partial charge < -0.3 is 9.52 Å². The molecule has 0 aliphatic carbocycles. The first kappa shape index (κ1) is 15.6. The quantitative estimate of drug-likeness (QED) is 0.407. The lowest BCUT2D eigenvalue weighted by molar-refractivity contribution is -0.384. The second kappa shape index (κ2) is 6.16. The molecule has 124 valence electrons. The third kappa shape index (κ3) is 2.82. The standard InChI is InChI=1S/C19H13NO4S/c21-18(17-5-2-8-25-17)14-9-13-6-7-24-19(13)16(11-14)12-3-1-4-15(10-12)20(22)23/h1-11,18,21H. The van der Waals surface area contributed by atoms with Gasteiger partial charge in [0.15, 0.2) is 0 Å². The van der Waals surface area contributed by atoms with Crippen LogP contribution in [0.1, 0.15) is 16.5 Å². The fraction of sp³-hybridized carbons (Fsp3) is 0.0526. The average Bonchev–Trinajstić information content (AvgIpc) is 3.31. The Bertz CT molecular complexity index is 1050. The highest BCUT2D eigenvalue weighted by atomic mass is 32.1. The first-order valence-electron chi connectivity index (χ1n) is 7.61. The van der Waals surface area contributed by atoms with Crippen LogP contribution in [0.2, 0.25) is 0 Å². The molecule has 0 spiro atoms. The number of benzene rings is 2. The van der Waals surface area contributed by atoms with Gasteiger partial charge in [0.25, 0.3) is 5.69 Å². The van der Waals surface area contributed by atoms with Gasteiger partial charge >= 0.3 is 0 Å². The van der Waals surface area contributed by atoms with Gasteiger partial charge in [0.05, 0.1) is 11.2 Å². The number of hydrogen-bond donors (Lipinski definition) is 1. The van der Waals surface area contributed by atoms with E-state index in [1.54, 1.807) is 18.4 Å². The van der Waals surface area contributed by atoms with E-state index < -0.39 is 11.0 Å². The molecule has 0 amide bonds. The summed E-state index contributed by atoms with van der Waals surface area (Å²) in [5.41, 5.74) is 2.77. The summed E-state index contributed by atoms with van der Waals surface area (Å²) in [6.07, 6.45) is 0.823. The summed E-state index contributed by atoms with van der Waals surface area (Å²) < 4.78 is 5.58. The normalized spacial score (nSPS) is 12.4. The molecular weight excluding hydrogens is 338 g/mol. The van der Waals surface area contributed by atoms with Gasteiger partial charge in [-0.15, -0.1) is 11.3 Å². The summed E-state index contributed by atoms with van der Waals surface area (Å²) in [6.45, 7) is 0. The number of aliphatic hydroxyl groups excluding tert-OH is 1. The van der Waals surface area contributed by atoms with Crippen LogP contribution in [0, 0.1) is 10.1 Å². The maximum Gasteiger partial charge on any atom is 0.270 e. The summed E-state index contributed by atoms with van der Waals surface area (Å²) >= 11 is 1.48. The number of hydrogen-bond acceptors (Lipinski definition) is 5. The fourth-order valence-corrected chi connectivity index (χ4v) is 3.61. The molecule has 1 unspecified atom stereocenters. The highest BCUT2D eigenvalue weighted by Crippen LogP contribution is 2.36. The molecule has 0 aliphatic heterocycles. The molecule has 4 rings (SSSR count). The Labute approximate surface area is 146 Å². The molecule has 0 saturated carbocycles. The molecule has 2 aromatic carbocycles. The van der Waals surface area contributed by atoms with Gasteiger partial charge in [-0.05, 0) is 40.8 Å². The largest absolute Gasteiger partial charge is 0.464 e. The predicted molar refractivity (Wildman–Crippen MR) is 96.7 cm³/mol. The molecule has 0 fully saturated rings. The first-order valence-corrected chi connectivity index (χ1v) is 8.49. The molecule has 0 saturated heterocycles. The van der Waals surface area contributed by atoms with Gasteiger partial charge in [-0.3, -0.25) is 10.1 Å². The molecule has 6 heteroatoms. The minimum atomic E-state index is -0.753. The van der Waals surface area contributed by atoms with Crippen molar-refractivity contribution in [3.8, 4) is 11.1 Å². The Morgan fingerprint density at radius 1 is 1.12 bits per heavy atom. The van der Waals surface area contributed by atoms with E-state index in [4.69, 9.17) is 4.42 Å². The van der Waals surface area contributed by atoms with Crippen molar-refractivity contribution in [2.75, 3.05) is 0 Å². The molecule has 4 aromatic rings. The Balaban J connectivity index is 1.90. The van der Waals surface area contributed by atoms with E-state index in [2.05, 4.69) is 0 Å². The van der Waals surface area contributed by atoms with Gasteiger partial charge in [-0.25, -0.2) is 0 Å². The number of nitrogens with zero attached hydrogens (tertiary/aromatic N) is 1. The smallest absolute Gasteiger partial charge is 0.270 e. The van der Waals surface area contributed by atoms with E-state index in [1.807, 2.05) is 35.7 Å². The van der Waals surface area contributed by atoms with Crippen molar-refractivity contribution in [3.63, 3.8) is 0 Å². The molecule has 1 atom stereocenters. The molecule has 2 heterocycles. The van der Waals surface area contributed by atoms with E-state index in [-0.39, 0.29) is 5.69 Å². The van der Waals surface area contributed by atoms with Gasteiger partial charge in [-0.1, -0.05) is 18.2 Å². The number of nitro groups is 1. The van der Waals surface area contributed by atoms with E-state index in [0.29, 0.717) is 11.1 Å². The Morgan fingerprint density at radius 2 is 2.00 bits per heavy atom. The van der Waals surface area contributed by atoms with Gasteiger partial charge in [0, 0.05) is 28.0 Å². The van der Waals surface area contributed by atoms with E-state index in [0.717, 1.165) is 21.4 Å². The van der Waals surface area contributed by atoms with E-state index in [1.165, 1.54) is 23.5 Å². The number of furan rings is 1. The van der Waals surface area contributed by atoms with Crippen molar-refractivity contribution >= 4 is 28.0 Å². The molecule has 2 aromatic heterocycles. The lowest BCUT2D eigenvalue weighted by atomic mass is 9.97. The lowest BCUT2D eigenvalue weighted by Gasteiger charge is -2.12. The highest BCUT2D eigenvalue weighted by Gasteiger charge is 2.17. The third-order valence-electron chi connectivity index (χ3n) is 4.07. The van der Waals surface area contributed by atoms with Gasteiger partial charge in [0.2, 0.25) is 0 Å². The predicted octanol–water partition coefficient (Wildman–Crippen LogP) is 5.15. The van der Waals surface area contributed by atoms with Crippen molar-refractivity contribution in [3.05, 3.63) is 86.8 Å². The van der Waals surface area contributed by atoms with Crippen LogP contribution in [0.3, 0.4) is 0 Å². The minimum absolute atomic E-state index is 0.0152. The number of thiophene rings is 1. The van der Waals surface area contributed by atoms with Crippen LogP contribution in [0.5, 0.6) is 0 Å². The van der Waals surface area contributed by atoms with Crippen LogP contribution in [0.4, 0.5) is 5.69 Å². The van der Waals surface area contributed by atoms with Crippen LogP contribution in [0.25, 0.3) is 22.1 Å². The molecule has 0 radical (unpaired) electrons. The molecular formula is C19H13NO4S. The zero-order valence-corrected chi connectivity index (χ0v) is 13.8. The zero-order valence-electron chi connectivity index (χ0n) is 13.0. The number of fused-ring (bicyclic) bond motifs is 1. The number of non-ortho nitro benzene ring substituents is 1. The third-order valence-corrected chi connectivity index (χ3v) is 4.99. The Hall–Kier alpha value is -2.96. The number of rotatable bonds is 4. The van der Waals surface area contributed by atoms with Crippen LogP contribution < -0.4 is 0 Å². The second-order valence-corrected chi connectivity index (χ2v) is 6.61.